The third kappa shape index (κ3) is 3.50. The summed E-state index contributed by atoms with van der Waals surface area (Å²) >= 11 is 0. The Kier molecular flexibility index (Phi) is 4.56. The molecule has 0 aromatic carbocycles. The van der Waals surface area contributed by atoms with Crippen molar-refractivity contribution in [2.24, 2.45) is 0 Å². The lowest BCUT2D eigenvalue weighted by atomic mass is 10.3. The van der Waals surface area contributed by atoms with E-state index in [4.69, 9.17) is 5.73 Å². The molecule has 1 aromatic heterocycles. The Hall–Kier alpha value is -2.45. The van der Waals surface area contributed by atoms with E-state index in [1.807, 2.05) is 6.92 Å². The molecule has 1 atom stereocenters. The first kappa shape index (κ1) is 14.6. The van der Waals surface area contributed by atoms with E-state index in [1.165, 1.54) is 4.90 Å². The van der Waals surface area contributed by atoms with Gasteiger partial charge in [-0.05, 0) is 13.8 Å². The Morgan fingerprint density at radius 3 is 2.84 bits per heavy atom. The number of nitrogens with one attached hydrogen (secondary N) is 1. The van der Waals surface area contributed by atoms with Gasteiger partial charge in [-0.1, -0.05) is 0 Å². The molecular weight excluding hydrogens is 252 g/mol. The van der Waals surface area contributed by atoms with Gasteiger partial charge in [0.1, 0.15) is 12.2 Å². The molecule has 3 N–H and O–H groups in total. The quantitative estimate of drug-likeness (QED) is 0.578. The molecule has 0 spiro atoms. The third-order valence-electron chi connectivity index (χ3n) is 2.56. The van der Waals surface area contributed by atoms with E-state index in [0.717, 1.165) is 6.20 Å². The van der Waals surface area contributed by atoms with E-state index in [1.54, 1.807) is 14.0 Å². The number of nitrogens with two attached hydrogens (primary N) is 1. The Morgan fingerprint density at radius 1 is 1.68 bits per heavy atom. The molecule has 0 fully saturated rings. The Morgan fingerprint density at radius 2 is 2.32 bits per heavy atom. The van der Waals surface area contributed by atoms with Crippen molar-refractivity contribution in [3.63, 3.8) is 0 Å². The highest BCUT2D eigenvalue weighted by Gasteiger charge is 2.22. The van der Waals surface area contributed by atoms with Gasteiger partial charge >= 0.3 is 5.69 Å². The number of hydrogen-bond acceptors (Lipinski definition) is 7. The van der Waals surface area contributed by atoms with Crippen molar-refractivity contribution in [1.29, 1.82) is 0 Å². The number of carbonyl (C=O) groups excluding carboxylic acids is 1. The zero-order chi connectivity index (χ0) is 14.6. The molecule has 1 rings (SSSR count). The standard InChI is InChI=1S/C10H16N6O3/c1-4-15(3)9(17)6(2)13-8-7(16(18)19)5-12-10(11)14-8/h5-6H,4H2,1-3H3,(H3,11,12,13,14). The summed E-state index contributed by atoms with van der Waals surface area (Å²) in [7, 11) is 1.64. The number of nitrogens with zero attached hydrogens (tertiary/aromatic N) is 4. The number of likely N-dealkylation sites (N-methyl/N-ethyl adjacent to an activating group) is 1. The van der Waals surface area contributed by atoms with Crippen LogP contribution >= 0.6 is 0 Å². The highest BCUT2D eigenvalue weighted by Crippen LogP contribution is 2.21. The first-order valence-electron chi connectivity index (χ1n) is 5.65. The minimum absolute atomic E-state index is 0.0668. The molecule has 0 bridgehead atoms. The number of carbonyl (C=O) groups is 1. The van der Waals surface area contributed by atoms with Gasteiger partial charge in [0.2, 0.25) is 17.7 Å². The van der Waals surface area contributed by atoms with Crippen LogP contribution in [0.3, 0.4) is 0 Å². The first-order valence-corrected chi connectivity index (χ1v) is 5.65. The molecular formula is C10H16N6O3. The third-order valence-corrected chi connectivity index (χ3v) is 2.56. The van der Waals surface area contributed by atoms with Gasteiger partial charge in [-0.15, -0.1) is 0 Å². The number of hydrogen-bond donors (Lipinski definition) is 2. The van der Waals surface area contributed by atoms with Gasteiger partial charge in [0, 0.05) is 13.6 Å². The zero-order valence-corrected chi connectivity index (χ0v) is 11.0. The Bertz CT molecular complexity index is 492. The molecule has 104 valence electrons. The molecule has 0 aliphatic heterocycles. The second-order valence-electron chi connectivity index (χ2n) is 3.94. The van der Waals surface area contributed by atoms with Crippen molar-refractivity contribution in [2.45, 2.75) is 19.9 Å². The van der Waals surface area contributed by atoms with Crippen LogP contribution in [0.1, 0.15) is 13.8 Å². The number of nitro groups is 1. The topological polar surface area (TPSA) is 127 Å². The smallest absolute Gasteiger partial charge is 0.329 e. The van der Waals surface area contributed by atoms with Gasteiger partial charge in [-0.3, -0.25) is 14.9 Å². The van der Waals surface area contributed by atoms with Crippen LogP contribution in [0.15, 0.2) is 6.20 Å². The summed E-state index contributed by atoms with van der Waals surface area (Å²) in [6, 6.07) is -0.655. The van der Waals surface area contributed by atoms with Crippen molar-refractivity contribution < 1.29 is 9.72 Å². The number of aromatic nitrogens is 2. The Balaban J connectivity index is 2.95. The molecule has 19 heavy (non-hydrogen) atoms. The van der Waals surface area contributed by atoms with E-state index >= 15 is 0 Å². The Labute approximate surface area is 110 Å². The molecule has 1 amide bonds. The van der Waals surface area contributed by atoms with Crippen molar-refractivity contribution >= 4 is 23.4 Å². The van der Waals surface area contributed by atoms with Crippen LogP contribution in [0.2, 0.25) is 0 Å². The number of rotatable bonds is 5. The fourth-order valence-electron chi connectivity index (χ4n) is 1.38. The lowest BCUT2D eigenvalue weighted by molar-refractivity contribution is -0.384. The molecule has 0 aliphatic rings. The lowest BCUT2D eigenvalue weighted by Gasteiger charge is -2.20. The van der Waals surface area contributed by atoms with Crippen LogP contribution < -0.4 is 11.1 Å². The largest absolute Gasteiger partial charge is 0.368 e. The van der Waals surface area contributed by atoms with Crippen LogP contribution in [0, 0.1) is 10.1 Å². The predicted molar refractivity (Wildman–Crippen MR) is 69.5 cm³/mol. The minimum Gasteiger partial charge on any atom is -0.368 e. The molecule has 0 saturated carbocycles. The van der Waals surface area contributed by atoms with E-state index in [2.05, 4.69) is 15.3 Å². The number of anilines is 2. The molecule has 1 aromatic rings. The van der Waals surface area contributed by atoms with E-state index in [0.29, 0.717) is 6.54 Å². The summed E-state index contributed by atoms with van der Waals surface area (Å²) in [6.07, 6.45) is 1.01. The van der Waals surface area contributed by atoms with E-state index in [-0.39, 0.29) is 23.4 Å². The van der Waals surface area contributed by atoms with Gasteiger partial charge in [0.25, 0.3) is 0 Å². The zero-order valence-electron chi connectivity index (χ0n) is 11.0. The average molecular weight is 268 g/mol. The minimum atomic E-state index is -0.655. The highest BCUT2D eigenvalue weighted by molar-refractivity contribution is 5.84. The van der Waals surface area contributed by atoms with Gasteiger partial charge in [0.15, 0.2) is 0 Å². The normalized spacial score (nSPS) is 11.7. The molecule has 0 aliphatic carbocycles. The van der Waals surface area contributed by atoms with Gasteiger partial charge < -0.3 is 16.0 Å². The summed E-state index contributed by atoms with van der Waals surface area (Å²) in [5.41, 5.74) is 5.06. The maximum Gasteiger partial charge on any atom is 0.329 e. The van der Waals surface area contributed by atoms with Crippen LogP contribution in [0.5, 0.6) is 0 Å². The van der Waals surface area contributed by atoms with Crippen LogP contribution in [0.25, 0.3) is 0 Å². The van der Waals surface area contributed by atoms with Gasteiger partial charge in [-0.25, -0.2) is 4.98 Å². The van der Waals surface area contributed by atoms with Crippen molar-refractivity contribution in [1.82, 2.24) is 14.9 Å². The SMILES string of the molecule is CCN(C)C(=O)C(C)Nc1nc(N)ncc1[N+](=O)[O-]. The van der Waals surface area contributed by atoms with Crippen molar-refractivity contribution in [2.75, 3.05) is 24.6 Å². The second kappa shape index (κ2) is 5.94. The summed E-state index contributed by atoms with van der Waals surface area (Å²) in [5.74, 6) is -0.367. The molecule has 1 heterocycles. The highest BCUT2D eigenvalue weighted by atomic mass is 16.6. The van der Waals surface area contributed by atoms with Crippen LogP contribution in [-0.2, 0) is 4.79 Å². The molecule has 9 heteroatoms. The van der Waals surface area contributed by atoms with Crippen LogP contribution in [-0.4, -0.2) is 45.3 Å². The number of nitrogen functional groups attached to an aromatic ring is 1. The fraction of sp³-hybridized carbons (Fsp3) is 0.500. The van der Waals surface area contributed by atoms with Gasteiger partial charge in [-0.2, -0.15) is 4.98 Å². The molecule has 0 radical (unpaired) electrons. The first-order chi connectivity index (χ1) is 8.86. The average Bonchev–Trinajstić information content (AvgIpc) is 2.36. The number of amides is 1. The van der Waals surface area contributed by atoms with Crippen molar-refractivity contribution in [3.8, 4) is 0 Å². The lowest BCUT2D eigenvalue weighted by Crippen LogP contribution is -2.39. The summed E-state index contributed by atoms with van der Waals surface area (Å²) < 4.78 is 0. The summed E-state index contributed by atoms with van der Waals surface area (Å²) in [5, 5.41) is 13.5. The second-order valence-corrected chi connectivity index (χ2v) is 3.94. The maximum atomic E-state index is 11.9. The molecule has 1 unspecified atom stereocenters. The van der Waals surface area contributed by atoms with Gasteiger partial charge in [0.05, 0.1) is 4.92 Å². The van der Waals surface area contributed by atoms with E-state index < -0.39 is 11.0 Å². The molecule has 9 nitrogen and oxygen atoms in total. The monoisotopic (exact) mass is 268 g/mol. The summed E-state index contributed by atoms with van der Waals surface area (Å²) in [6.45, 7) is 3.96. The predicted octanol–water partition coefficient (Wildman–Crippen LogP) is 0.246. The fourth-order valence-corrected chi connectivity index (χ4v) is 1.38. The van der Waals surface area contributed by atoms with Crippen molar-refractivity contribution in [3.05, 3.63) is 16.3 Å². The van der Waals surface area contributed by atoms with Crippen LogP contribution in [0.4, 0.5) is 17.5 Å². The molecule has 0 saturated heterocycles. The summed E-state index contributed by atoms with van der Waals surface area (Å²) in [4.78, 5) is 30.8. The van der Waals surface area contributed by atoms with E-state index in [9.17, 15) is 14.9 Å². The maximum absolute atomic E-state index is 11.9.